The Balaban J connectivity index is 3.19. The number of aryl methyl sites for hydroxylation is 1. The van der Waals surface area contributed by atoms with Gasteiger partial charge in [-0.3, -0.25) is 4.79 Å². The molecule has 1 nitrogen and oxygen atoms in total. The molecule has 0 N–H and O–H groups in total. The van der Waals surface area contributed by atoms with Gasteiger partial charge in [0.1, 0.15) is 0 Å². The van der Waals surface area contributed by atoms with Gasteiger partial charge in [0, 0.05) is 10.6 Å². The Hall–Kier alpha value is -0.470. The topological polar surface area (TPSA) is 17.1 Å². The molecule has 58 valence electrons. The molecule has 0 aliphatic rings. The van der Waals surface area contributed by atoms with E-state index in [-0.39, 0.29) is 5.12 Å². The third-order valence-electron chi connectivity index (χ3n) is 1.29. The van der Waals surface area contributed by atoms with E-state index in [9.17, 15) is 4.79 Å². The first-order chi connectivity index (χ1) is 5.09. The highest BCUT2D eigenvalue weighted by Gasteiger charge is 2.01. The van der Waals surface area contributed by atoms with Gasteiger partial charge in [-0.05, 0) is 30.7 Å². The van der Waals surface area contributed by atoms with Gasteiger partial charge in [-0.1, -0.05) is 11.6 Å². The van der Waals surface area contributed by atoms with Crippen LogP contribution in [0.25, 0.3) is 0 Å². The van der Waals surface area contributed by atoms with Gasteiger partial charge in [-0.2, -0.15) is 0 Å². The zero-order valence-electron chi connectivity index (χ0n) is 5.97. The van der Waals surface area contributed by atoms with Crippen molar-refractivity contribution in [3.8, 4) is 0 Å². The molecule has 11 heavy (non-hydrogen) atoms. The number of benzene rings is 1. The predicted molar refractivity (Wildman–Crippen MR) is 49.5 cm³/mol. The molecule has 0 saturated heterocycles. The third kappa shape index (κ3) is 2.24. The van der Waals surface area contributed by atoms with E-state index in [0.717, 1.165) is 5.56 Å². The predicted octanol–water partition coefficient (Wildman–Crippen LogP) is 2.72. The molecule has 0 amide bonds. The van der Waals surface area contributed by atoms with Crippen molar-refractivity contribution >= 4 is 29.3 Å². The Morgan fingerprint density at radius 1 is 1.45 bits per heavy atom. The normalized spacial score (nSPS) is 9.73. The summed E-state index contributed by atoms with van der Waals surface area (Å²) in [6, 6.07) is 5.15. The maximum absolute atomic E-state index is 10.8. The molecule has 0 saturated carbocycles. The van der Waals surface area contributed by atoms with E-state index in [1.165, 1.54) is 0 Å². The lowest BCUT2D eigenvalue weighted by Gasteiger charge is -1.97. The quantitative estimate of drug-likeness (QED) is 0.668. The molecule has 3 heteroatoms. The fourth-order valence-corrected chi connectivity index (χ4v) is 1.28. The number of carbonyl (C=O) groups is 1. The SMILES string of the molecule is Cc1cc(Cl)cc(C(=O)S)c1. The second kappa shape index (κ2) is 3.28. The minimum absolute atomic E-state index is 0.254. The van der Waals surface area contributed by atoms with Gasteiger partial charge >= 0.3 is 0 Å². The van der Waals surface area contributed by atoms with Gasteiger partial charge in [0.25, 0.3) is 0 Å². The summed E-state index contributed by atoms with van der Waals surface area (Å²) < 4.78 is 0. The smallest absolute Gasteiger partial charge is 0.216 e. The summed E-state index contributed by atoms with van der Waals surface area (Å²) in [5, 5.41) is 0.318. The Bertz CT molecular complexity index is 276. The lowest BCUT2D eigenvalue weighted by Crippen LogP contribution is -1.89. The van der Waals surface area contributed by atoms with Crippen molar-refractivity contribution in [3.05, 3.63) is 34.3 Å². The minimum atomic E-state index is -0.254. The van der Waals surface area contributed by atoms with Gasteiger partial charge < -0.3 is 0 Å². The van der Waals surface area contributed by atoms with Crippen molar-refractivity contribution in [1.29, 1.82) is 0 Å². The number of carbonyl (C=O) groups excluding carboxylic acids is 1. The van der Waals surface area contributed by atoms with Crippen LogP contribution in [0.3, 0.4) is 0 Å². The van der Waals surface area contributed by atoms with E-state index in [1.807, 2.05) is 6.92 Å². The molecule has 1 aromatic rings. The summed E-state index contributed by atoms with van der Waals surface area (Å²) in [5.41, 5.74) is 1.51. The highest BCUT2D eigenvalue weighted by molar-refractivity contribution is 7.97. The fraction of sp³-hybridized carbons (Fsp3) is 0.125. The Kier molecular flexibility index (Phi) is 2.58. The number of thiol groups is 1. The van der Waals surface area contributed by atoms with E-state index in [4.69, 9.17) is 11.6 Å². The summed E-state index contributed by atoms with van der Waals surface area (Å²) in [6.45, 7) is 1.88. The Morgan fingerprint density at radius 3 is 2.55 bits per heavy atom. The van der Waals surface area contributed by atoms with Crippen molar-refractivity contribution in [2.24, 2.45) is 0 Å². The van der Waals surface area contributed by atoms with E-state index < -0.39 is 0 Å². The van der Waals surface area contributed by atoms with E-state index in [0.29, 0.717) is 10.6 Å². The van der Waals surface area contributed by atoms with Gasteiger partial charge in [-0.15, -0.1) is 12.6 Å². The summed E-state index contributed by atoms with van der Waals surface area (Å²) in [4.78, 5) is 10.8. The van der Waals surface area contributed by atoms with Crippen LogP contribution in [-0.4, -0.2) is 5.12 Å². The van der Waals surface area contributed by atoms with Gasteiger partial charge in [0.2, 0.25) is 5.12 Å². The molecule has 1 rings (SSSR count). The van der Waals surface area contributed by atoms with Crippen LogP contribution in [-0.2, 0) is 0 Å². The molecule has 0 radical (unpaired) electrons. The molecular formula is C8H7ClOS. The second-order valence-electron chi connectivity index (χ2n) is 2.32. The highest BCUT2D eigenvalue weighted by atomic mass is 35.5. The largest absolute Gasteiger partial charge is 0.282 e. The van der Waals surface area contributed by atoms with Crippen molar-refractivity contribution in [1.82, 2.24) is 0 Å². The first kappa shape index (κ1) is 8.62. The number of hydrogen-bond donors (Lipinski definition) is 1. The lowest BCUT2D eigenvalue weighted by atomic mass is 10.1. The molecule has 0 aromatic heterocycles. The molecule has 1 aromatic carbocycles. The molecule has 0 aliphatic carbocycles. The molecule has 0 heterocycles. The Morgan fingerprint density at radius 2 is 2.09 bits per heavy atom. The van der Waals surface area contributed by atoms with E-state index >= 15 is 0 Å². The zero-order valence-corrected chi connectivity index (χ0v) is 7.62. The summed E-state index contributed by atoms with van der Waals surface area (Å²) in [5.74, 6) is 0. The standard InChI is InChI=1S/C8H7ClOS/c1-5-2-6(8(10)11)4-7(9)3-5/h2-4H,1H3,(H,10,11). The number of hydrogen-bond acceptors (Lipinski definition) is 1. The van der Waals surface area contributed by atoms with Crippen LogP contribution in [0.4, 0.5) is 0 Å². The molecule has 0 fully saturated rings. The van der Waals surface area contributed by atoms with Crippen LogP contribution in [0, 0.1) is 6.92 Å². The summed E-state index contributed by atoms with van der Waals surface area (Å²) in [6.07, 6.45) is 0. The summed E-state index contributed by atoms with van der Waals surface area (Å²) >= 11 is 9.39. The van der Waals surface area contributed by atoms with Crippen LogP contribution >= 0.6 is 24.2 Å². The average molecular weight is 187 g/mol. The molecule has 0 aliphatic heterocycles. The van der Waals surface area contributed by atoms with Crippen LogP contribution in [0.15, 0.2) is 18.2 Å². The van der Waals surface area contributed by atoms with Crippen molar-refractivity contribution in [3.63, 3.8) is 0 Å². The van der Waals surface area contributed by atoms with Crippen LogP contribution in [0.1, 0.15) is 15.9 Å². The lowest BCUT2D eigenvalue weighted by molar-refractivity contribution is 0.109. The highest BCUT2D eigenvalue weighted by Crippen LogP contribution is 2.15. The van der Waals surface area contributed by atoms with Crippen LogP contribution < -0.4 is 0 Å². The van der Waals surface area contributed by atoms with Crippen LogP contribution in [0.5, 0.6) is 0 Å². The average Bonchev–Trinajstić information content (AvgIpc) is 1.85. The number of rotatable bonds is 1. The second-order valence-corrected chi connectivity index (χ2v) is 3.17. The van der Waals surface area contributed by atoms with Crippen molar-refractivity contribution in [2.45, 2.75) is 6.92 Å². The molecule has 0 spiro atoms. The van der Waals surface area contributed by atoms with E-state index in [2.05, 4.69) is 12.6 Å². The van der Waals surface area contributed by atoms with Gasteiger partial charge in [0.05, 0.1) is 0 Å². The summed E-state index contributed by atoms with van der Waals surface area (Å²) in [7, 11) is 0. The molecule has 0 bridgehead atoms. The minimum Gasteiger partial charge on any atom is -0.282 e. The van der Waals surface area contributed by atoms with E-state index in [1.54, 1.807) is 18.2 Å². The molecule has 0 unspecified atom stereocenters. The fourth-order valence-electron chi connectivity index (χ4n) is 0.860. The zero-order chi connectivity index (χ0) is 8.43. The first-order valence-electron chi connectivity index (χ1n) is 3.10. The maximum atomic E-state index is 10.8. The molecular weight excluding hydrogens is 180 g/mol. The van der Waals surface area contributed by atoms with Crippen molar-refractivity contribution < 1.29 is 4.79 Å². The van der Waals surface area contributed by atoms with Gasteiger partial charge in [0.15, 0.2) is 0 Å². The Labute approximate surface area is 75.8 Å². The number of halogens is 1. The third-order valence-corrected chi connectivity index (χ3v) is 1.77. The van der Waals surface area contributed by atoms with Crippen molar-refractivity contribution in [2.75, 3.05) is 0 Å². The monoisotopic (exact) mass is 186 g/mol. The van der Waals surface area contributed by atoms with Crippen LogP contribution in [0.2, 0.25) is 5.02 Å². The molecule has 0 atom stereocenters. The van der Waals surface area contributed by atoms with Gasteiger partial charge in [-0.25, -0.2) is 0 Å². The first-order valence-corrected chi connectivity index (χ1v) is 3.92. The maximum Gasteiger partial charge on any atom is 0.216 e.